The van der Waals surface area contributed by atoms with Gasteiger partial charge in [-0.2, -0.15) is 0 Å². The van der Waals surface area contributed by atoms with E-state index in [9.17, 15) is 4.79 Å². The van der Waals surface area contributed by atoms with Crippen LogP contribution in [0.3, 0.4) is 0 Å². The summed E-state index contributed by atoms with van der Waals surface area (Å²) in [5, 5.41) is 0.745. The minimum absolute atomic E-state index is 0.0289. The second kappa shape index (κ2) is 5.67. The van der Waals surface area contributed by atoms with Crippen LogP contribution in [0, 0.1) is 0 Å². The average Bonchev–Trinajstić information content (AvgIpc) is 3.01. The lowest BCUT2D eigenvalue weighted by atomic mass is 9.90. The third kappa shape index (κ3) is 2.70. The van der Waals surface area contributed by atoms with E-state index in [2.05, 4.69) is 22.1 Å². The molecule has 0 aliphatic carbocycles. The van der Waals surface area contributed by atoms with E-state index in [0.717, 1.165) is 31.0 Å². The van der Waals surface area contributed by atoms with Gasteiger partial charge in [0.05, 0.1) is 12.5 Å². The van der Waals surface area contributed by atoms with Crippen LogP contribution >= 0.6 is 11.6 Å². The second-order valence-electron chi connectivity index (χ2n) is 5.11. The SMILES string of the molecule is O=C(c1cnc[nH]1)N1CCC[C@@H](c2ccc(Cl)cc2)C1. The first kappa shape index (κ1) is 13.2. The molecule has 1 aromatic carbocycles. The molecule has 1 aliphatic rings. The van der Waals surface area contributed by atoms with Gasteiger partial charge in [0.2, 0.25) is 0 Å². The first-order valence-corrected chi connectivity index (χ1v) is 7.15. The summed E-state index contributed by atoms with van der Waals surface area (Å²) in [7, 11) is 0. The highest BCUT2D eigenvalue weighted by atomic mass is 35.5. The predicted octanol–water partition coefficient (Wildman–Crippen LogP) is 3.08. The van der Waals surface area contributed by atoms with Crippen LogP contribution < -0.4 is 0 Å². The van der Waals surface area contributed by atoms with Crippen molar-refractivity contribution in [1.29, 1.82) is 0 Å². The van der Waals surface area contributed by atoms with Crippen molar-refractivity contribution in [3.63, 3.8) is 0 Å². The van der Waals surface area contributed by atoms with Crippen molar-refractivity contribution in [2.45, 2.75) is 18.8 Å². The lowest BCUT2D eigenvalue weighted by molar-refractivity contribution is 0.0701. The first-order valence-electron chi connectivity index (χ1n) is 6.77. The summed E-state index contributed by atoms with van der Waals surface area (Å²) in [6.45, 7) is 1.56. The van der Waals surface area contributed by atoms with Gasteiger partial charge in [-0.25, -0.2) is 4.98 Å². The smallest absolute Gasteiger partial charge is 0.271 e. The lowest BCUT2D eigenvalue weighted by Crippen LogP contribution is -2.39. The fourth-order valence-electron chi connectivity index (χ4n) is 2.71. The number of rotatable bonds is 2. The molecule has 0 radical (unpaired) electrons. The van der Waals surface area contributed by atoms with Crippen molar-refractivity contribution < 1.29 is 4.79 Å². The van der Waals surface area contributed by atoms with Crippen molar-refractivity contribution in [3.8, 4) is 0 Å². The number of aromatic nitrogens is 2. The fraction of sp³-hybridized carbons (Fsp3) is 0.333. The minimum atomic E-state index is 0.0289. The zero-order valence-electron chi connectivity index (χ0n) is 11.1. The number of hydrogen-bond donors (Lipinski definition) is 1. The van der Waals surface area contributed by atoms with Crippen molar-refractivity contribution in [1.82, 2.24) is 14.9 Å². The highest BCUT2D eigenvalue weighted by Crippen LogP contribution is 2.28. The summed E-state index contributed by atoms with van der Waals surface area (Å²) in [4.78, 5) is 21.0. The summed E-state index contributed by atoms with van der Waals surface area (Å²) in [6, 6.07) is 7.92. The third-order valence-electron chi connectivity index (χ3n) is 3.78. The topological polar surface area (TPSA) is 49.0 Å². The number of amides is 1. The van der Waals surface area contributed by atoms with E-state index >= 15 is 0 Å². The number of halogens is 1. The van der Waals surface area contributed by atoms with Crippen molar-refractivity contribution in [3.05, 3.63) is 53.1 Å². The van der Waals surface area contributed by atoms with Gasteiger partial charge in [0, 0.05) is 24.0 Å². The van der Waals surface area contributed by atoms with E-state index in [1.807, 2.05) is 17.0 Å². The Labute approximate surface area is 122 Å². The van der Waals surface area contributed by atoms with E-state index < -0.39 is 0 Å². The van der Waals surface area contributed by atoms with E-state index in [1.165, 1.54) is 11.9 Å². The standard InChI is InChI=1S/C15H16ClN3O/c16-13-5-3-11(4-6-13)12-2-1-7-19(9-12)15(20)14-8-17-10-18-14/h3-6,8,10,12H,1-2,7,9H2,(H,17,18)/t12-/m1/s1. The monoisotopic (exact) mass is 289 g/mol. The van der Waals surface area contributed by atoms with E-state index in [4.69, 9.17) is 11.6 Å². The molecule has 5 heteroatoms. The molecule has 0 bridgehead atoms. The van der Waals surface area contributed by atoms with Crippen molar-refractivity contribution in [2.24, 2.45) is 0 Å². The summed E-state index contributed by atoms with van der Waals surface area (Å²) < 4.78 is 0. The summed E-state index contributed by atoms with van der Waals surface area (Å²) >= 11 is 5.92. The molecule has 20 heavy (non-hydrogen) atoms. The Morgan fingerprint density at radius 3 is 2.85 bits per heavy atom. The quantitative estimate of drug-likeness (QED) is 0.923. The Morgan fingerprint density at radius 2 is 2.15 bits per heavy atom. The van der Waals surface area contributed by atoms with E-state index in [-0.39, 0.29) is 5.91 Å². The second-order valence-corrected chi connectivity index (χ2v) is 5.54. The Balaban J connectivity index is 1.73. The Morgan fingerprint density at radius 1 is 1.35 bits per heavy atom. The van der Waals surface area contributed by atoms with E-state index in [1.54, 1.807) is 6.20 Å². The van der Waals surface area contributed by atoms with Gasteiger partial charge in [-0.1, -0.05) is 23.7 Å². The number of imidazole rings is 1. The zero-order chi connectivity index (χ0) is 13.9. The van der Waals surface area contributed by atoms with Gasteiger partial charge >= 0.3 is 0 Å². The summed E-state index contributed by atoms with van der Waals surface area (Å²) in [5.74, 6) is 0.411. The van der Waals surface area contributed by atoms with Gasteiger partial charge in [0.15, 0.2) is 0 Å². The molecule has 1 aliphatic heterocycles. The Kier molecular flexibility index (Phi) is 3.74. The van der Waals surface area contributed by atoms with Crippen LogP contribution in [0.5, 0.6) is 0 Å². The fourth-order valence-corrected chi connectivity index (χ4v) is 2.84. The lowest BCUT2D eigenvalue weighted by Gasteiger charge is -2.32. The Hall–Kier alpha value is -1.81. The number of hydrogen-bond acceptors (Lipinski definition) is 2. The number of nitrogens with zero attached hydrogens (tertiary/aromatic N) is 2. The molecule has 1 atom stereocenters. The summed E-state index contributed by atoms with van der Waals surface area (Å²) in [6.07, 6.45) is 5.24. The van der Waals surface area contributed by atoms with Crippen LogP contribution in [0.25, 0.3) is 0 Å². The van der Waals surface area contributed by atoms with Crippen LogP contribution in [-0.2, 0) is 0 Å². The van der Waals surface area contributed by atoms with Gasteiger partial charge in [0.25, 0.3) is 5.91 Å². The number of benzene rings is 1. The van der Waals surface area contributed by atoms with Crippen LogP contribution in [-0.4, -0.2) is 33.9 Å². The predicted molar refractivity (Wildman–Crippen MR) is 77.9 cm³/mol. The molecule has 4 nitrogen and oxygen atoms in total. The molecule has 1 aromatic heterocycles. The maximum Gasteiger partial charge on any atom is 0.271 e. The number of carbonyl (C=O) groups is 1. The molecule has 3 rings (SSSR count). The normalized spacial score (nSPS) is 19.1. The first-order chi connectivity index (χ1) is 9.74. The number of aromatic amines is 1. The van der Waals surface area contributed by atoms with Crippen LogP contribution in [0.2, 0.25) is 5.02 Å². The molecule has 1 N–H and O–H groups in total. The molecule has 1 saturated heterocycles. The molecule has 0 saturated carbocycles. The van der Waals surface area contributed by atoms with Gasteiger partial charge in [0.1, 0.15) is 5.69 Å². The van der Waals surface area contributed by atoms with Crippen LogP contribution in [0.1, 0.15) is 34.8 Å². The van der Waals surface area contributed by atoms with Crippen molar-refractivity contribution >= 4 is 17.5 Å². The van der Waals surface area contributed by atoms with Gasteiger partial charge in [-0.05, 0) is 30.5 Å². The van der Waals surface area contributed by atoms with Gasteiger partial charge in [-0.15, -0.1) is 0 Å². The largest absolute Gasteiger partial charge is 0.341 e. The molecule has 0 unspecified atom stereocenters. The number of nitrogens with one attached hydrogen (secondary N) is 1. The number of H-pyrrole nitrogens is 1. The highest BCUT2D eigenvalue weighted by Gasteiger charge is 2.25. The number of piperidine rings is 1. The molecular weight excluding hydrogens is 274 g/mol. The molecule has 2 heterocycles. The number of likely N-dealkylation sites (tertiary alicyclic amines) is 1. The van der Waals surface area contributed by atoms with Crippen LogP contribution in [0.15, 0.2) is 36.8 Å². The van der Waals surface area contributed by atoms with Crippen molar-refractivity contribution in [2.75, 3.05) is 13.1 Å². The molecule has 104 valence electrons. The number of carbonyl (C=O) groups excluding carboxylic acids is 1. The maximum atomic E-state index is 12.3. The molecule has 1 fully saturated rings. The maximum absolute atomic E-state index is 12.3. The zero-order valence-corrected chi connectivity index (χ0v) is 11.8. The van der Waals surface area contributed by atoms with E-state index in [0.29, 0.717) is 11.6 Å². The highest BCUT2D eigenvalue weighted by molar-refractivity contribution is 6.30. The molecule has 2 aromatic rings. The molecule has 0 spiro atoms. The molecular formula is C15H16ClN3O. The van der Waals surface area contributed by atoms with Gasteiger partial charge < -0.3 is 9.88 Å². The average molecular weight is 290 g/mol. The minimum Gasteiger partial charge on any atom is -0.341 e. The van der Waals surface area contributed by atoms with Gasteiger partial charge in [-0.3, -0.25) is 4.79 Å². The Bertz CT molecular complexity index is 580. The van der Waals surface area contributed by atoms with Crippen LogP contribution in [0.4, 0.5) is 0 Å². The third-order valence-corrected chi connectivity index (χ3v) is 4.03. The summed E-state index contributed by atoms with van der Waals surface area (Å²) in [5.41, 5.74) is 1.80. The molecule has 1 amide bonds.